The summed E-state index contributed by atoms with van der Waals surface area (Å²) in [5, 5.41) is 11.0. The summed E-state index contributed by atoms with van der Waals surface area (Å²) < 4.78 is 0. The summed E-state index contributed by atoms with van der Waals surface area (Å²) in [4.78, 5) is 20.9. The van der Waals surface area contributed by atoms with Crippen molar-refractivity contribution in [2.24, 2.45) is 0 Å². The Hall–Kier alpha value is -0.801. The Kier molecular flexibility index (Phi) is 4.57. The molecule has 11 heavy (non-hydrogen) atoms. The average Bonchev–Trinajstić information content (AvgIpc) is 1.99. The monoisotopic (exact) mass is 223 g/mol. The van der Waals surface area contributed by atoms with Gasteiger partial charge in [0.1, 0.15) is 0 Å². The Morgan fingerprint density at radius 2 is 2.27 bits per heavy atom. The molecule has 0 aromatic heterocycles. The Bertz CT molecular complexity index is 181. The fourth-order valence-corrected chi connectivity index (χ4v) is 0.935. The first-order chi connectivity index (χ1) is 5.11. The zero-order chi connectivity index (χ0) is 8.85. The number of hydrogen-bond acceptors (Lipinski definition) is 2. The molecular formula is C6H9NO3Se. The molecule has 62 valence electrons. The number of carboxylic acid groups (broad SMARTS) is 1. The van der Waals surface area contributed by atoms with Gasteiger partial charge >= 0.3 is 71.9 Å². The number of amides is 1. The van der Waals surface area contributed by atoms with Crippen molar-refractivity contribution in [3.8, 4) is 0 Å². The summed E-state index contributed by atoms with van der Waals surface area (Å²) >= 11 is 2.10. The van der Waals surface area contributed by atoms with Crippen molar-refractivity contribution in [1.29, 1.82) is 0 Å². The van der Waals surface area contributed by atoms with Crippen molar-refractivity contribution >= 4 is 27.9 Å². The maximum atomic E-state index is 10.6. The van der Waals surface area contributed by atoms with Crippen molar-refractivity contribution in [3.05, 3.63) is 12.7 Å². The van der Waals surface area contributed by atoms with Crippen LogP contribution in [-0.4, -0.2) is 39.0 Å². The van der Waals surface area contributed by atoms with Gasteiger partial charge < -0.3 is 0 Å². The number of aliphatic carboxylic acids is 1. The van der Waals surface area contributed by atoms with Gasteiger partial charge in [-0.3, -0.25) is 0 Å². The van der Waals surface area contributed by atoms with Crippen molar-refractivity contribution in [3.63, 3.8) is 0 Å². The van der Waals surface area contributed by atoms with E-state index in [4.69, 9.17) is 5.11 Å². The van der Waals surface area contributed by atoms with Crippen molar-refractivity contribution in [2.45, 2.75) is 11.4 Å². The maximum absolute atomic E-state index is 10.6. The van der Waals surface area contributed by atoms with E-state index in [1.54, 1.807) is 0 Å². The first-order valence-electron chi connectivity index (χ1n) is 2.88. The third-order valence-electron chi connectivity index (χ3n) is 0.983. The van der Waals surface area contributed by atoms with Gasteiger partial charge in [0.05, 0.1) is 0 Å². The van der Waals surface area contributed by atoms with E-state index < -0.39 is 17.9 Å². The van der Waals surface area contributed by atoms with E-state index in [9.17, 15) is 9.59 Å². The van der Waals surface area contributed by atoms with Crippen molar-refractivity contribution in [1.82, 2.24) is 5.32 Å². The normalized spacial score (nSPS) is 11.7. The molecule has 1 amide bonds. The Balaban J connectivity index is 3.97. The second-order valence-electron chi connectivity index (χ2n) is 1.79. The molecule has 0 rings (SSSR count). The van der Waals surface area contributed by atoms with Crippen LogP contribution < -0.4 is 5.32 Å². The van der Waals surface area contributed by atoms with Crippen LogP contribution in [0.5, 0.6) is 0 Å². The summed E-state index contributed by atoms with van der Waals surface area (Å²) in [5.41, 5.74) is 0. The van der Waals surface area contributed by atoms with Gasteiger partial charge in [-0.1, -0.05) is 0 Å². The molecule has 0 saturated heterocycles. The Labute approximate surface area is 72.5 Å². The molecule has 0 aliphatic rings. The molecule has 0 saturated carbocycles. The van der Waals surface area contributed by atoms with Crippen LogP contribution in [0.15, 0.2) is 12.7 Å². The minimum atomic E-state index is -1.04. The van der Waals surface area contributed by atoms with Gasteiger partial charge in [-0.05, 0) is 0 Å². The summed E-state index contributed by atoms with van der Waals surface area (Å²) in [6.45, 7) is 3.20. The third kappa shape index (κ3) is 3.80. The van der Waals surface area contributed by atoms with E-state index in [2.05, 4.69) is 27.9 Å². The number of carbonyl (C=O) groups is 2. The van der Waals surface area contributed by atoms with Gasteiger partial charge in [0.15, 0.2) is 0 Å². The quantitative estimate of drug-likeness (QED) is 0.476. The first-order valence-corrected chi connectivity index (χ1v) is 4.21. The van der Waals surface area contributed by atoms with Crippen molar-refractivity contribution < 1.29 is 14.7 Å². The molecule has 1 atom stereocenters. The van der Waals surface area contributed by atoms with E-state index in [-0.39, 0.29) is 0 Å². The van der Waals surface area contributed by atoms with E-state index >= 15 is 0 Å². The number of hydrogen-bond donors (Lipinski definition) is 2. The molecular weight excluding hydrogens is 213 g/mol. The molecule has 0 aliphatic heterocycles. The van der Waals surface area contributed by atoms with E-state index in [0.717, 1.165) is 6.08 Å². The van der Waals surface area contributed by atoms with Crippen LogP contribution in [0.3, 0.4) is 0 Å². The standard InChI is InChI=1S/C6H9NO3Se/c1-2-5(8)7-4(3-11)6(9)10/h2,4,11H,1,3H2,(H,7,8)(H,9,10)/t4-/m0/s1. The topological polar surface area (TPSA) is 66.4 Å². The van der Waals surface area contributed by atoms with Gasteiger partial charge in [-0.25, -0.2) is 0 Å². The minimum absolute atomic E-state index is 0.307. The third-order valence-corrected chi connectivity index (χ3v) is 1.75. The second-order valence-corrected chi connectivity index (χ2v) is 2.55. The van der Waals surface area contributed by atoms with E-state index in [1.165, 1.54) is 0 Å². The molecule has 4 nitrogen and oxygen atoms in total. The van der Waals surface area contributed by atoms with Gasteiger partial charge in [0.2, 0.25) is 0 Å². The molecule has 0 fully saturated rings. The van der Waals surface area contributed by atoms with Crippen LogP contribution in [0.25, 0.3) is 0 Å². The SMILES string of the molecule is C=CC(=O)N[C@@H](C[SeH])C(=O)O. The fraction of sp³-hybridized carbons (Fsp3) is 0.333. The fourth-order valence-electron chi connectivity index (χ4n) is 0.416. The van der Waals surface area contributed by atoms with Crippen LogP contribution in [-0.2, 0) is 9.59 Å². The predicted molar refractivity (Wildman–Crippen MR) is 41.7 cm³/mol. The van der Waals surface area contributed by atoms with Crippen LogP contribution in [0.1, 0.15) is 0 Å². The molecule has 0 heterocycles. The zero-order valence-electron chi connectivity index (χ0n) is 5.78. The summed E-state index contributed by atoms with van der Waals surface area (Å²) in [6, 6.07) is -0.833. The molecule has 0 bridgehead atoms. The molecule has 0 aromatic rings. The van der Waals surface area contributed by atoms with Gasteiger partial charge in [-0.15, -0.1) is 0 Å². The summed E-state index contributed by atoms with van der Waals surface area (Å²) in [7, 11) is 0. The van der Waals surface area contributed by atoms with Gasteiger partial charge in [-0.2, -0.15) is 0 Å². The van der Waals surface area contributed by atoms with E-state index in [1.807, 2.05) is 0 Å². The van der Waals surface area contributed by atoms with Crippen LogP contribution in [0, 0.1) is 0 Å². The molecule has 0 unspecified atom stereocenters. The second kappa shape index (κ2) is 4.93. The van der Waals surface area contributed by atoms with Gasteiger partial charge in [0.25, 0.3) is 0 Å². The Morgan fingerprint density at radius 1 is 1.73 bits per heavy atom. The average molecular weight is 222 g/mol. The first kappa shape index (κ1) is 10.2. The number of carbonyl (C=O) groups excluding carboxylic acids is 1. The predicted octanol–water partition coefficient (Wildman–Crippen LogP) is -0.939. The molecule has 2 N–H and O–H groups in total. The summed E-state index contributed by atoms with van der Waals surface area (Å²) in [5.74, 6) is -1.51. The number of rotatable bonds is 4. The van der Waals surface area contributed by atoms with Crippen LogP contribution in [0.2, 0.25) is 5.32 Å². The van der Waals surface area contributed by atoms with Crippen molar-refractivity contribution in [2.75, 3.05) is 0 Å². The van der Waals surface area contributed by atoms with Crippen LogP contribution in [0.4, 0.5) is 0 Å². The Morgan fingerprint density at radius 3 is 2.55 bits per heavy atom. The number of carboxylic acids is 1. The van der Waals surface area contributed by atoms with Crippen LogP contribution >= 0.6 is 0 Å². The molecule has 5 heteroatoms. The van der Waals surface area contributed by atoms with Gasteiger partial charge in [0, 0.05) is 0 Å². The molecule has 0 spiro atoms. The molecule has 0 aliphatic carbocycles. The molecule has 0 radical (unpaired) electrons. The summed E-state index contributed by atoms with van der Waals surface area (Å²) in [6.07, 6.45) is 1.04. The van der Waals surface area contributed by atoms with E-state index in [0.29, 0.717) is 5.32 Å². The molecule has 0 aromatic carbocycles. The number of nitrogens with one attached hydrogen (secondary N) is 1. The zero-order valence-corrected chi connectivity index (χ0v) is 7.66.